The number of hydrogen-bond acceptors (Lipinski definition) is 6. The van der Waals surface area contributed by atoms with Crippen LogP contribution in [0.15, 0.2) is 17.1 Å². The van der Waals surface area contributed by atoms with Crippen LogP contribution in [0.2, 0.25) is 0 Å². The first kappa shape index (κ1) is 15.0. The molecule has 0 spiro atoms. The fraction of sp³-hybridized carbons (Fsp3) is 0.692. The highest BCUT2D eigenvalue weighted by Gasteiger charge is 2.51. The Balaban J connectivity index is 2.37. The molecule has 0 unspecified atom stereocenters. The highest BCUT2D eigenvalue weighted by Crippen LogP contribution is 2.44. The van der Waals surface area contributed by atoms with Crippen molar-refractivity contribution in [3.63, 3.8) is 0 Å². The number of aliphatic hydroxyl groups excluding tert-OH is 1. The Morgan fingerprint density at radius 1 is 1.60 bits per heavy atom. The first-order valence-electron chi connectivity index (χ1n) is 6.73. The number of rotatable bonds is 4. The molecule has 0 aromatic carbocycles. The lowest BCUT2D eigenvalue weighted by Gasteiger charge is -2.31. The van der Waals surface area contributed by atoms with E-state index in [2.05, 4.69) is 10.3 Å². The molecule has 0 saturated carbocycles. The van der Waals surface area contributed by atoms with Crippen molar-refractivity contribution >= 4 is 5.82 Å². The molecule has 7 nitrogen and oxygen atoms in total. The zero-order chi connectivity index (χ0) is 14.9. The van der Waals surface area contributed by atoms with Crippen molar-refractivity contribution in [3.05, 3.63) is 22.7 Å². The third-order valence-electron chi connectivity index (χ3n) is 4.29. The molecule has 2 heterocycles. The topological polar surface area (TPSA) is 102 Å². The Morgan fingerprint density at radius 2 is 2.30 bits per heavy atom. The summed E-state index contributed by atoms with van der Waals surface area (Å²) in [5.74, 6) is 0.349. The summed E-state index contributed by atoms with van der Waals surface area (Å²) in [7, 11) is 1.81. The van der Waals surface area contributed by atoms with E-state index in [0.717, 1.165) is 0 Å². The maximum Gasteiger partial charge on any atom is 0.351 e. The third-order valence-corrected chi connectivity index (χ3v) is 4.29. The van der Waals surface area contributed by atoms with Crippen LogP contribution in [-0.2, 0) is 4.74 Å². The Hall–Kier alpha value is -1.44. The minimum atomic E-state index is -0.695. The summed E-state index contributed by atoms with van der Waals surface area (Å²) < 4.78 is 7.47. The van der Waals surface area contributed by atoms with Gasteiger partial charge < -0.3 is 20.9 Å². The second-order valence-electron chi connectivity index (χ2n) is 5.45. The highest BCUT2D eigenvalue weighted by atomic mass is 16.5. The number of nitrogens with zero attached hydrogens (tertiary/aromatic N) is 2. The molecule has 1 aromatic heterocycles. The SMILES string of the molecule is CNC[C@]1(CO)O[C@@H](n2ccc(N)nc2=O)[C@H](C)[C@@H]1C. The summed E-state index contributed by atoms with van der Waals surface area (Å²) in [5.41, 5.74) is 4.37. The van der Waals surface area contributed by atoms with Crippen molar-refractivity contribution < 1.29 is 9.84 Å². The van der Waals surface area contributed by atoms with E-state index >= 15 is 0 Å². The van der Waals surface area contributed by atoms with Crippen LogP contribution >= 0.6 is 0 Å². The summed E-state index contributed by atoms with van der Waals surface area (Å²) in [6, 6.07) is 1.57. The van der Waals surface area contributed by atoms with E-state index in [-0.39, 0.29) is 24.3 Å². The number of aromatic nitrogens is 2. The molecule has 112 valence electrons. The Morgan fingerprint density at radius 3 is 2.85 bits per heavy atom. The number of likely N-dealkylation sites (N-methyl/N-ethyl adjacent to an activating group) is 1. The summed E-state index contributed by atoms with van der Waals surface area (Å²) >= 11 is 0. The molecule has 1 aliphatic rings. The van der Waals surface area contributed by atoms with E-state index < -0.39 is 17.5 Å². The molecule has 0 bridgehead atoms. The van der Waals surface area contributed by atoms with E-state index in [0.29, 0.717) is 6.54 Å². The number of anilines is 1. The Labute approximate surface area is 117 Å². The summed E-state index contributed by atoms with van der Waals surface area (Å²) in [6.45, 7) is 4.44. The molecule has 2 rings (SSSR count). The average molecular weight is 282 g/mol. The van der Waals surface area contributed by atoms with Crippen molar-refractivity contribution in [2.45, 2.75) is 25.7 Å². The predicted molar refractivity (Wildman–Crippen MR) is 75.1 cm³/mol. The first-order chi connectivity index (χ1) is 9.45. The lowest BCUT2D eigenvalue weighted by atomic mass is 9.83. The second kappa shape index (κ2) is 5.51. The van der Waals surface area contributed by atoms with E-state index in [1.165, 1.54) is 4.57 Å². The van der Waals surface area contributed by atoms with Crippen LogP contribution in [-0.4, -0.2) is 40.5 Å². The number of hydrogen-bond donors (Lipinski definition) is 3. The maximum absolute atomic E-state index is 12.0. The van der Waals surface area contributed by atoms with Crippen LogP contribution in [0.3, 0.4) is 0 Å². The molecular weight excluding hydrogens is 260 g/mol. The molecule has 1 aromatic rings. The fourth-order valence-corrected chi connectivity index (χ4v) is 2.85. The largest absolute Gasteiger partial charge is 0.393 e. The monoisotopic (exact) mass is 282 g/mol. The van der Waals surface area contributed by atoms with Gasteiger partial charge >= 0.3 is 5.69 Å². The first-order valence-corrected chi connectivity index (χ1v) is 6.73. The van der Waals surface area contributed by atoms with Gasteiger partial charge in [0.05, 0.1) is 6.61 Å². The summed E-state index contributed by atoms with van der Waals surface area (Å²) in [6.07, 6.45) is 1.14. The lowest BCUT2D eigenvalue weighted by molar-refractivity contribution is -0.110. The van der Waals surface area contributed by atoms with Crippen molar-refractivity contribution in [1.29, 1.82) is 0 Å². The van der Waals surface area contributed by atoms with Crippen molar-refractivity contribution in [2.75, 3.05) is 25.9 Å². The van der Waals surface area contributed by atoms with E-state index in [1.807, 2.05) is 20.9 Å². The average Bonchev–Trinajstić information content (AvgIpc) is 2.65. The Kier molecular flexibility index (Phi) is 4.12. The predicted octanol–water partition coefficient (Wildman–Crippen LogP) is -0.423. The van der Waals surface area contributed by atoms with Crippen LogP contribution in [0.5, 0.6) is 0 Å². The van der Waals surface area contributed by atoms with Gasteiger partial charge in [-0.05, 0) is 19.0 Å². The van der Waals surface area contributed by atoms with Gasteiger partial charge in [-0.2, -0.15) is 4.98 Å². The van der Waals surface area contributed by atoms with Gasteiger partial charge in [-0.25, -0.2) is 4.79 Å². The number of nitrogen functional groups attached to an aromatic ring is 1. The van der Waals surface area contributed by atoms with Crippen molar-refractivity contribution in [3.8, 4) is 0 Å². The standard InChI is InChI=1S/C13H22N4O3/c1-8-9(2)13(7-18,6-15-3)20-11(8)17-5-4-10(14)16-12(17)19/h4-5,8-9,11,15,18H,6-7H2,1-3H3,(H2,14,16,19)/t8-,9+,11-,13-/m1/s1. The van der Waals surface area contributed by atoms with Gasteiger partial charge in [-0.1, -0.05) is 13.8 Å². The normalized spacial score (nSPS) is 33.5. The van der Waals surface area contributed by atoms with Gasteiger partial charge in [0, 0.05) is 18.7 Å². The number of nitrogens with two attached hydrogens (primary N) is 1. The molecule has 0 radical (unpaired) electrons. The van der Waals surface area contributed by atoms with Crippen LogP contribution < -0.4 is 16.7 Å². The van der Waals surface area contributed by atoms with Gasteiger partial charge in [0.15, 0.2) is 0 Å². The quantitative estimate of drug-likeness (QED) is 0.693. The van der Waals surface area contributed by atoms with E-state index in [9.17, 15) is 9.90 Å². The van der Waals surface area contributed by atoms with Crippen LogP contribution in [0.4, 0.5) is 5.82 Å². The van der Waals surface area contributed by atoms with Crippen molar-refractivity contribution in [2.24, 2.45) is 11.8 Å². The smallest absolute Gasteiger partial charge is 0.351 e. The van der Waals surface area contributed by atoms with Crippen molar-refractivity contribution in [1.82, 2.24) is 14.9 Å². The van der Waals surface area contributed by atoms with Crippen LogP contribution in [0, 0.1) is 11.8 Å². The number of nitrogens with one attached hydrogen (secondary N) is 1. The highest BCUT2D eigenvalue weighted by molar-refractivity contribution is 5.23. The summed E-state index contributed by atoms with van der Waals surface area (Å²) in [4.78, 5) is 15.7. The van der Waals surface area contributed by atoms with Gasteiger partial charge in [0.25, 0.3) is 0 Å². The van der Waals surface area contributed by atoms with Crippen LogP contribution in [0.1, 0.15) is 20.1 Å². The minimum absolute atomic E-state index is 0.0682. The molecule has 4 atom stereocenters. The molecule has 1 aliphatic heterocycles. The molecule has 1 fully saturated rings. The maximum atomic E-state index is 12.0. The van der Waals surface area contributed by atoms with Gasteiger partial charge in [0.1, 0.15) is 17.6 Å². The molecule has 7 heteroatoms. The zero-order valence-corrected chi connectivity index (χ0v) is 12.0. The van der Waals surface area contributed by atoms with E-state index in [4.69, 9.17) is 10.5 Å². The summed E-state index contributed by atoms with van der Waals surface area (Å²) in [5, 5.41) is 12.8. The molecule has 4 N–H and O–H groups in total. The third kappa shape index (κ3) is 2.32. The molecule has 0 aliphatic carbocycles. The lowest BCUT2D eigenvalue weighted by Crippen LogP contribution is -2.47. The zero-order valence-electron chi connectivity index (χ0n) is 12.0. The molecule has 20 heavy (non-hydrogen) atoms. The minimum Gasteiger partial charge on any atom is -0.393 e. The number of ether oxygens (including phenoxy) is 1. The fourth-order valence-electron chi connectivity index (χ4n) is 2.85. The second-order valence-corrected chi connectivity index (χ2v) is 5.45. The molecular formula is C13H22N4O3. The van der Waals surface area contributed by atoms with Gasteiger partial charge in [0.2, 0.25) is 0 Å². The van der Waals surface area contributed by atoms with Gasteiger partial charge in [-0.3, -0.25) is 4.57 Å². The van der Waals surface area contributed by atoms with Crippen LogP contribution in [0.25, 0.3) is 0 Å². The van der Waals surface area contributed by atoms with E-state index in [1.54, 1.807) is 12.3 Å². The van der Waals surface area contributed by atoms with Gasteiger partial charge in [-0.15, -0.1) is 0 Å². The Bertz CT molecular complexity index is 533. The molecule has 1 saturated heterocycles. The number of aliphatic hydroxyl groups is 1. The molecule has 0 amide bonds.